The van der Waals surface area contributed by atoms with E-state index in [1.165, 1.54) is 0 Å². The number of amides is 1. The predicted octanol–water partition coefficient (Wildman–Crippen LogP) is 3.26. The van der Waals surface area contributed by atoms with Crippen molar-refractivity contribution in [1.29, 1.82) is 0 Å². The molecule has 0 spiro atoms. The monoisotopic (exact) mass is 386 g/mol. The van der Waals surface area contributed by atoms with Crippen LogP contribution in [0, 0.1) is 6.92 Å². The Morgan fingerprint density at radius 2 is 1.81 bits per heavy atom. The molecule has 0 radical (unpaired) electrons. The van der Waals surface area contributed by atoms with Gasteiger partial charge in [-0.3, -0.25) is 4.79 Å². The van der Waals surface area contributed by atoms with Gasteiger partial charge in [-0.25, -0.2) is 4.79 Å². The maximum atomic E-state index is 13.0. The van der Waals surface area contributed by atoms with Gasteiger partial charge in [-0.1, -0.05) is 41.4 Å². The highest BCUT2D eigenvalue weighted by molar-refractivity contribution is 6.37. The first-order valence-corrected chi connectivity index (χ1v) is 8.87. The van der Waals surface area contributed by atoms with Gasteiger partial charge >= 0.3 is 5.97 Å². The summed E-state index contributed by atoms with van der Waals surface area (Å²) in [6.07, 6.45) is -0.176. The third kappa shape index (κ3) is 3.72. The molecule has 0 aliphatic carbocycles. The Morgan fingerprint density at radius 3 is 2.41 bits per heavy atom. The number of benzene rings is 2. The van der Waals surface area contributed by atoms with Crippen LogP contribution in [-0.2, 0) is 15.3 Å². The first kappa shape index (κ1) is 19.1. The number of carbonyl (C=O) groups is 2. The summed E-state index contributed by atoms with van der Waals surface area (Å²) < 4.78 is 4.98. The smallest absolute Gasteiger partial charge is 0.354 e. The number of aryl methyl sites for hydroxylation is 1. The molecule has 3 rings (SSSR count). The number of hydrogen-bond donors (Lipinski definition) is 1. The van der Waals surface area contributed by atoms with Crippen molar-refractivity contribution in [3.05, 3.63) is 70.2 Å². The van der Waals surface area contributed by atoms with Gasteiger partial charge in [-0.05, 0) is 38.1 Å². The van der Waals surface area contributed by atoms with E-state index in [4.69, 9.17) is 16.3 Å². The number of carbonyl (C=O) groups excluding carboxylic acids is 2. The van der Waals surface area contributed by atoms with Gasteiger partial charge in [0.25, 0.3) is 5.91 Å². The quantitative estimate of drug-likeness (QED) is 0.818. The summed E-state index contributed by atoms with van der Waals surface area (Å²) in [5.74, 6) is -1.18. The van der Waals surface area contributed by atoms with E-state index in [1.54, 1.807) is 55.5 Å². The van der Waals surface area contributed by atoms with Crippen molar-refractivity contribution in [3.8, 4) is 0 Å². The van der Waals surface area contributed by atoms with E-state index in [2.05, 4.69) is 5.10 Å². The van der Waals surface area contributed by atoms with E-state index < -0.39 is 17.6 Å². The molecular formula is C20H19ClN2O4. The molecule has 0 unspecified atom stereocenters. The number of hydrazone groups is 1. The van der Waals surface area contributed by atoms with E-state index in [0.29, 0.717) is 16.1 Å². The van der Waals surface area contributed by atoms with Crippen molar-refractivity contribution in [2.45, 2.75) is 26.0 Å². The van der Waals surface area contributed by atoms with Crippen LogP contribution < -0.4 is 0 Å². The molecule has 27 heavy (non-hydrogen) atoms. The number of nitrogens with zero attached hydrogens (tertiary/aromatic N) is 2. The van der Waals surface area contributed by atoms with Crippen molar-refractivity contribution >= 4 is 29.2 Å². The lowest BCUT2D eigenvalue weighted by Crippen LogP contribution is -2.43. The number of rotatable bonds is 4. The summed E-state index contributed by atoms with van der Waals surface area (Å²) in [4.78, 5) is 25.2. The van der Waals surface area contributed by atoms with Crippen LogP contribution >= 0.6 is 11.6 Å². The van der Waals surface area contributed by atoms with Crippen LogP contribution in [0.15, 0.2) is 53.6 Å². The normalized spacial score (nSPS) is 19.0. The average molecular weight is 387 g/mol. The van der Waals surface area contributed by atoms with E-state index in [-0.39, 0.29) is 18.7 Å². The average Bonchev–Trinajstić information content (AvgIpc) is 3.01. The largest absolute Gasteiger partial charge is 0.461 e. The van der Waals surface area contributed by atoms with Gasteiger partial charge in [0.1, 0.15) is 0 Å². The molecule has 1 amide bonds. The van der Waals surface area contributed by atoms with Crippen molar-refractivity contribution in [3.63, 3.8) is 0 Å². The molecule has 6 nitrogen and oxygen atoms in total. The zero-order chi connectivity index (χ0) is 19.6. The van der Waals surface area contributed by atoms with Crippen LogP contribution in [0.25, 0.3) is 0 Å². The highest BCUT2D eigenvalue weighted by Gasteiger charge is 2.48. The van der Waals surface area contributed by atoms with Crippen molar-refractivity contribution in [2.24, 2.45) is 5.10 Å². The molecule has 140 valence electrons. The number of esters is 1. The fourth-order valence-electron chi connectivity index (χ4n) is 2.85. The minimum absolute atomic E-state index is 0.0187. The van der Waals surface area contributed by atoms with Crippen LogP contribution in [-0.4, -0.2) is 34.3 Å². The van der Waals surface area contributed by atoms with Gasteiger partial charge in [-0.2, -0.15) is 10.1 Å². The first-order chi connectivity index (χ1) is 12.8. The van der Waals surface area contributed by atoms with Gasteiger partial charge in [0.05, 0.1) is 13.0 Å². The molecule has 0 bridgehead atoms. The maximum absolute atomic E-state index is 13.0. The molecule has 1 aliphatic heterocycles. The molecule has 0 aromatic heterocycles. The Hall–Kier alpha value is -2.70. The summed E-state index contributed by atoms with van der Waals surface area (Å²) in [5, 5.41) is 16.9. The second kappa shape index (κ2) is 7.50. The van der Waals surface area contributed by atoms with Crippen LogP contribution in [0.3, 0.4) is 0 Å². The van der Waals surface area contributed by atoms with E-state index in [1.807, 2.05) is 6.92 Å². The lowest BCUT2D eigenvalue weighted by Gasteiger charge is -2.31. The standard InChI is InChI=1S/C20H19ClN2O4/c1-3-27-19(25)17-12-20(26,15-8-10-16(21)11-9-15)23(22-17)18(24)14-6-4-13(2)5-7-14/h4-11,26H,3,12H2,1-2H3/t20-/m1/s1. The molecule has 2 aromatic rings. The summed E-state index contributed by atoms with van der Waals surface area (Å²) in [6.45, 7) is 3.75. The molecule has 2 aromatic carbocycles. The van der Waals surface area contributed by atoms with Crippen molar-refractivity contribution < 1.29 is 19.4 Å². The van der Waals surface area contributed by atoms with Crippen LogP contribution in [0.2, 0.25) is 5.02 Å². The fourth-order valence-corrected chi connectivity index (χ4v) is 2.97. The Balaban J connectivity index is 2.03. The molecule has 0 saturated heterocycles. The van der Waals surface area contributed by atoms with Gasteiger partial charge < -0.3 is 9.84 Å². The van der Waals surface area contributed by atoms with Crippen LogP contribution in [0.1, 0.15) is 34.8 Å². The first-order valence-electron chi connectivity index (χ1n) is 8.49. The summed E-state index contributed by atoms with van der Waals surface area (Å²) >= 11 is 5.93. The minimum atomic E-state index is -1.81. The zero-order valence-corrected chi connectivity index (χ0v) is 15.7. The fraction of sp³-hybridized carbons (Fsp3) is 0.250. The number of aliphatic hydroxyl groups is 1. The van der Waals surface area contributed by atoms with Gasteiger partial charge in [0.2, 0.25) is 0 Å². The molecule has 0 saturated carbocycles. The maximum Gasteiger partial charge on any atom is 0.354 e. The Morgan fingerprint density at radius 1 is 1.19 bits per heavy atom. The number of halogens is 1. The lowest BCUT2D eigenvalue weighted by molar-refractivity contribution is -0.135. The highest BCUT2D eigenvalue weighted by Crippen LogP contribution is 2.37. The molecule has 1 atom stereocenters. The third-order valence-corrected chi connectivity index (χ3v) is 4.55. The SMILES string of the molecule is CCOC(=O)C1=NN(C(=O)c2ccc(C)cc2)[C@](O)(c2ccc(Cl)cc2)C1. The van der Waals surface area contributed by atoms with E-state index in [0.717, 1.165) is 10.6 Å². The lowest BCUT2D eigenvalue weighted by atomic mass is 9.96. The number of hydrogen-bond acceptors (Lipinski definition) is 5. The van der Waals surface area contributed by atoms with Gasteiger partial charge in [0, 0.05) is 16.1 Å². The Bertz CT molecular complexity index is 893. The Labute approximate surface area is 162 Å². The summed E-state index contributed by atoms with van der Waals surface area (Å²) in [7, 11) is 0. The van der Waals surface area contributed by atoms with Gasteiger partial charge in [0.15, 0.2) is 11.4 Å². The van der Waals surface area contributed by atoms with Crippen molar-refractivity contribution in [2.75, 3.05) is 6.61 Å². The molecule has 7 heteroatoms. The molecule has 0 fully saturated rings. The van der Waals surface area contributed by atoms with Crippen LogP contribution in [0.5, 0.6) is 0 Å². The van der Waals surface area contributed by atoms with Crippen LogP contribution in [0.4, 0.5) is 0 Å². The highest BCUT2D eigenvalue weighted by atomic mass is 35.5. The molecular weight excluding hydrogens is 368 g/mol. The van der Waals surface area contributed by atoms with E-state index >= 15 is 0 Å². The number of ether oxygens (including phenoxy) is 1. The predicted molar refractivity (Wildman–Crippen MR) is 101 cm³/mol. The topological polar surface area (TPSA) is 79.2 Å². The van der Waals surface area contributed by atoms with Gasteiger partial charge in [-0.15, -0.1) is 0 Å². The molecule has 1 heterocycles. The second-order valence-corrected chi connectivity index (χ2v) is 6.69. The Kier molecular flexibility index (Phi) is 5.30. The zero-order valence-electron chi connectivity index (χ0n) is 15.0. The third-order valence-electron chi connectivity index (χ3n) is 4.29. The molecule has 1 N–H and O–H groups in total. The van der Waals surface area contributed by atoms with E-state index in [9.17, 15) is 14.7 Å². The van der Waals surface area contributed by atoms with Crippen molar-refractivity contribution in [1.82, 2.24) is 5.01 Å². The minimum Gasteiger partial charge on any atom is -0.461 e. The second-order valence-electron chi connectivity index (χ2n) is 6.25. The molecule has 1 aliphatic rings. The summed E-state index contributed by atoms with van der Waals surface area (Å²) in [5.41, 5.74) is -0.0852. The summed E-state index contributed by atoms with van der Waals surface area (Å²) in [6, 6.07) is 13.3.